The molecule has 0 spiro atoms. The van der Waals surface area contributed by atoms with Gasteiger partial charge in [-0.15, -0.1) is 11.3 Å². The quantitative estimate of drug-likeness (QED) is 0.704. The molecule has 0 N–H and O–H groups in total. The molecule has 1 saturated heterocycles. The van der Waals surface area contributed by atoms with Gasteiger partial charge in [-0.25, -0.2) is 4.98 Å². The Balaban J connectivity index is 1.37. The molecule has 28 heavy (non-hydrogen) atoms. The van der Waals surface area contributed by atoms with E-state index in [4.69, 9.17) is 4.98 Å². The fraction of sp³-hybridized carbons (Fsp3) is 0.478. The van der Waals surface area contributed by atoms with Crippen LogP contribution in [0.25, 0.3) is 11.3 Å². The predicted octanol–water partition coefficient (Wildman–Crippen LogP) is 4.70. The van der Waals surface area contributed by atoms with E-state index in [0.29, 0.717) is 11.8 Å². The average Bonchev–Trinajstić information content (AvgIpc) is 3.03. The summed E-state index contributed by atoms with van der Waals surface area (Å²) in [5.41, 5.74) is 3.57. The predicted molar refractivity (Wildman–Crippen MR) is 117 cm³/mol. The highest BCUT2D eigenvalue weighted by atomic mass is 32.1. The second kappa shape index (κ2) is 7.36. The van der Waals surface area contributed by atoms with Crippen molar-refractivity contribution in [2.24, 2.45) is 17.3 Å². The average molecular weight is 396 g/mol. The van der Waals surface area contributed by atoms with Crippen molar-refractivity contribution < 1.29 is 4.79 Å². The van der Waals surface area contributed by atoms with Crippen LogP contribution < -0.4 is 4.90 Å². The molecule has 5 heteroatoms. The number of aromatic nitrogens is 1. The van der Waals surface area contributed by atoms with E-state index in [1.165, 1.54) is 5.57 Å². The maximum atomic E-state index is 13.1. The van der Waals surface area contributed by atoms with Crippen molar-refractivity contribution >= 4 is 22.4 Å². The number of carbonyl (C=O) groups excluding carboxylic acids is 1. The number of rotatable bonds is 4. The molecule has 2 atom stereocenters. The smallest absolute Gasteiger partial charge is 0.226 e. The van der Waals surface area contributed by atoms with E-state index >= 15 is 0 Å². The molecule has 1 aliphatic carbocycles. The monoisotopic (exact) mass is 395 g/mol. The lowest BCUT2D eigenvalue weighted by Crippen LogP contribution is -2.49. The number of hydrogen-bond donors (Lipinski definition) is 0. The van der Waals surface area contributed by atoms with Gasteiger partial charge in [0.25, 0.3) is 0 Å². The van der Waals surface area contributed by atoms with Crippen molar-refractivity contribution in [2.45, 2.75) is 27.7 Å². The van der Waals surface area contributed by atoms with Crippen LogP contribution in [0.2, 0.25) is 0 Å². The second-order valence-electron chi connectivity index (χ2n) is 8.76. The zero-order valence-corrected chi connectivity index (χ0v) is 18.0. The van der Waals surface area contributed by atoms with E-state index in [-0.39, 0.29) is 11.3 Å². The zero-order chi connectivity index (χ0) is 19.9. The number of hydrogen-bond acceptors (Lipinski definition) is 4. The molecule has 4 rings (SSSR count). The van der Waals surface area contributed by atoms with Crippen molar-refractivity contribution in [3.05, 3.63) is 47.4 Å². The van der Waals surface area contributed by atoms with Gasteiger partial charge in [0.1, 0.15) is 0 Å². The van der Waals surface area contributed by atoms with Gasteiger partial charge in [-0.3, -0.25) is 4.79 Å². The van der Waals surface area contributed by atoms with Gasteiger partial charge in [-0.05, 0) is 25.2 Å². The lowest BCUT2D eigenvalue weighted by Gasteiger charge is -2.35. The number of allylic oxidation sites excluding steroid dienone is 2. The summed E-state index contributed by atoms with van der Waals surface area (Å²) in [6, 6.07) is 10.3. The normalized spacial score (nSPS) is 23.4. The van der Waals surface area contributed by atoms with Crippen molar-refractivity contribution in [1.82, 2.24) is 9.88 Å². The zero-order valence-electron chi connectivity index (χ0n) is 17.2. The highest BCUT2D eigenvalue weighted by Crippen LogP contribution is 2.60. The molecular weight excluding hydrogens is 366 g/mol. The van der Waals surface area contributed by atoms with E-state index in [9.17, 15) is 4.79 Å². The maximum absolute atomic E-state index is 13.1. The summed E-state index contributed by atoms with van der Waals surface area (Å²) in [6.45, 7) is 12.0. The molecule has 4 nitrogen and oxygen atoms in total. The minimum absolute atomic E-state index is 0.0887. The minimum Gasteiger partial charge on any atom is -0.345 e. The van der Waals surface area contributed by atoms with Crippen molar-refractivity contribution in [3.63, 3.8) is 0 Å². The molecule has 1 saturated carbocycles. The lowest BCUT2D eigenvalue weighted by molar-refractivity contribution is -0.133. The summed E-state index contributed by atoms with van der Waals surface area (Å²) in [6.07, 6.45) is 2.28. The summed E-state index contributed by atoms with van der Waals surface area (Å²) in [7, 11) is 0. The third kappa shape index (κ3) is 3.60. The second-order valence-corrected chi connectivity index (χ2v) is 9.60. The molecule has 2 heterocycles. The Kier molecular flexibility index (Phi) is 5.04. The molecular formula is C23H29N3OS. The van der Waals surface area contributed by atoms with Crippen LogP contribution in [0.15, 0.2) is 47.4 Å². The molecule has 0 bridgehead atoms. The molecule has 148 valence electrons. The standard InChI is InChI=1S/C23H29N3OS/c1-16(2)14-18-20(23(18,3)4)21(27)25-10-12-26(13-11-25)22-24-19(15-28-22)17-8-6-5-7-9-17/h5-9,14-15,18,20H,10-13H2,1-4H3/t18-,20+/m0/s1. The van der Waals surface area contributed by atoms with Gasteiger partial charge in [-0.1, -0.05) is 55.8 Å². The highest BCUT2D eigenvalue weighted by Gasteiger charge is 2.61. The third-order valence-corrected chi connectivity index (χ3v) is 7.01. The molecule has 1 amide bonds. The van der Waals surface area contributed by atoms with Gasteiger partial charge in [0.2, 0.25) is 5.91 Å². The third-order valence-electron chi connectivity index (χ3n) is 6.11. The number of piperazine rings is 1. The molecule has 0 radical (unpaired) electrons. The summed E-state index contributed by atoms with van der Waals surface area (Å²) in [5.74, 6) is 0.852. The molecule has 1 aromatic heterocycles. The van der Waals surface area contributed by atoms with Gasteiger partial charge >= 0.3 is 0 Å². The Hall–Kier alpha value is -2.14. The molecule has 1 aromatic carbocycles. The molecule has 0 unspecified atom stereocenters. The van der Waals surface area contributed by atoms with Crippen LogP contribution in [-0.2, 0) is 4.79 Å². The number of anilines is 1. The number of amides is 1. The van der Waals surface area contributed by atoms with Crippen molar-refractivity contribution in [3.8, 4) is 11.3 Å². The van der Waals surface area contributed by atoms with Crippen LogP contribution in [-0.4, -0.2) is 42.0 Å². The lowest BCUT2D eigenvalue weighted by atomic mass is 10.1. The van der Waals surface area contributed by atoms with E-state index in [1.807, 2.05) is 18.2 Å². The number of thiazole rings is 1. The molecule has 2 aromatic rings. The van der Waals surface area contributed by atoms with E-state index < -0.39 is 0 Å². The largest absolute Gasteiger partial charge is 0.345 e. The van der Waals surface area contributed by atoms with Gasteiger partial charge in [0.05, 0.1) is 11.6 Å². The summed E-state index contributed by atoms with van der Waals surface area (Å²) in [5, 5.41) is 3.18. The maximum Gasteiger partial charge on any atom is 0.226 e. The number of nitrogens with zero attached hydrogens (tertiary/aromatic N) is 3. The Morgan fingerprint density at radius 1 is 1.14 bits per heavy atom. The first-order valence-electron chi connectivity index (χ1n) is 10.1. The Morgan fingerprint density at radius 2 is 1.82 bits per heavy atom. The van der Waals surface area contributed by atoms with Gasteiger partial charge in [-0.2, -0.15) is 0 Å². The SMILES string of the molecule is CC(C)=C[C@H]1[C@H](C(=O)N2CCN(c3nc(-c4ccccc4)cs3)CC2)C1(C)C. The van der Waals surface area contributed by atoms with Crippen LogP contribution in [0.3, 0.4) is 0 Å². The van der Waals surface area contributed by atoms with Gasteiger partial charge in [0.15, 0.2) is 5.13 Å². The van der Waals surface area contributed by atoms with Crippen LogP contribution in [0.4, 0.5) is 5.13 Å². The van der Waals surface area contributed by atoms with E-state index in [1.54, 1.807) is 11.3 Å². The van der Waals surface area contributed by atoms with Crippen molar-refractivity contribution in [2.75, 3.05) is 31.1 Å². The Morgan fingerprint density at radius 3 is 2.46 bits per heavy atom. The first kappa shape index (κ1) is 19.2. The van der Waals surface area contributed by atoms with Crippen LogP contribution in [0, 0.1) is 17.3 Å². The van der Waals surface area contributed by atoms with E-state index in [0.717, 1.165) is 42.6 Å². The summed E-state index contributed by atoms with van der Waals surface area (Å²) < 4.78 is 0. The molecule has 1 aliphatic heterocycles. The van der Waals surface area contributed by atoms with Crippen molar-refractivity contribution in [1.29, 1.82) is 0 Å². The number of benzene rings is 1. The summed E-state index contributed by atoms with van der Waals surface area (Å²) in [4.78, 5) is 22.3. The summed E-state index contributed by atoms with van der Waals surface area (Å²) >= 11 is 1.69. The fourth-order valence-corrected chi connectivity index (χ4v) is 5.17. The topological polar surface area (TPSA) is 36.4 Å². The van der Waals surface area contributed by atoms with Crippen LogP contribution >= 0.6 is 11.3 Å². The highest BCUT2D eigenvalue weighted by molar-refractivity contribution is 7.14. The van der Waals surface area contributed by atoms with Gasteiger partial charge < -0.3 is 9.80 Å². The first-order chi connectivity index (χ1) is 13.4. The van der Waals surface area contributed by atoms with Crippen LogP contribution in [0.1, 0.15) is 27.7 Å². The number of carbonyl (C=O) groups is 1. The van der Waals surface area contributed by atoms with Crippen LogP contribution in [0.5, 0.6) is 0 Å². The Labute approximate surface area is 171 Å². The minimum atomic E-state index is 0.0887. The molecule has 2 aliphatic rings. The molecule has 2 fully saturated rings. The van der Waals surface area contributed by atoms with Gasteiger partial charge in [0, 0.05) is 37.1 Å². The van der Waals surface area contributed by atoms with E-state index in [2.05, 4.69) is 61.1 Å². The first-order valence-corrected chi connectivity index (χ1v) is 11.0. The fourth-order valence-electron chi connectivity index (χ4n) is 4.29. The Bertz CT molecular complexity index is 874.